The third kappa shape index (κ3) is 5.97. The number of guanidine groups is 1. The average Bonchev–Trinajstić information content (AvgIpc) is 2.66. The van der Waals surface area contributed by atoms with E-state index in [4.69, 9.17) is 4.74 Å². The number of ether oxygens (including phenoxy) is 1. The first-order chi connectivity index (χ1) is 14.6. The number of hydrogen-bond donors (Lipinski definition) is 2. The fourth-order valence-corrected chi connectivity index (χ4v) is 3.32. The summed E-state index contributed by atoms with van der Waals surface area (Å²) in [5.41, 5.74) is 2.21. The van der Waals surface area contributed by atoms with Gasteiger partial charge in [-0.1, -0.05) is 13.8 Å². The molecule has 0 radical (unpaired) electrons. The van der Waals surface area contributed by atoms with Crippen molar-refractivity contribution in [2.45, 2.75) is 40.5 Å². The molecule has 1 aromatic heterocycles. The monoisotopic (exact) mass is 421 g/mol. The van der Waals surface area contributed by atoms with E-state index in [1.165, 1.54) is 6.21 Å². The van der Waals surface area contributed by atoms with E-state index in [9.17, 15) is 9.90 Å². The fourth-order valence-electron chi connectivity index (χ4n) is 3.32. The van der Waals surface area contributed by atoms with E-state index in [2.05, 4.69) is 25.3 Å². The summed E-state index contributed by atoms with van der Waals surface area (Å²) < 4.78 is 5.18. The molecule has 8 heteroatoms. The summed E-state index contributed by atoms with van der Waals surface area (Å²) in [4.78, 5) is 29.9. The summed E-state index contributed by atoms with van der Waals surface area (Å²) in [5, 5.41) is 13.5. The number of hydrogen-bond acceptors (Lipinski definition) is 6. The largest absolute Gasteiger partial charge is 0.511 e. The van der Waals surface area contributed by atoms with Gasteiger partial charge < -0.3 is 15.2 Å². The summed E-state index contributed by atoms with van der Waals surface area (Å²) in [6, 6.07) is 9.09. The van der Waals surface area contributed by atoms with E-state index >= 15 is 0 Å². The predicted molar refractivity (Wildman–Crippen MR) is 121 cm³/mol. The van der Waals surface area contributed by atoms with Gasteiger partial charge in [-0.2, -0.15) is 4.99 Å². The minimum Gasteiger partial charge on any atom is -0.511 e. The number of rotatable bonds is 4. The number of aliphatic hydroxyl groups excluding tert-OH is 1. The highest BCUT2D eigenvalue weighted by Crippen LogP contribution is 2.35. The average molecular weight is 422 g/mol. The second kappa shape index (κ2) is 9.07. The number of benzene rings is 1. The molecule has 1 aliphatic rings. The van der Waals surface area contributed by atoms with Crippen LogP contribution < -0.4 is 10.1 Å². The second-order valence-corrected chi connectivity index (χ2v) is 8.30. The van der Waals surface area contributed by atoms with Crippen LogP contribution in [0.4, 0.5) is 11.6 Å². The zero-order chi connectivity index (χ0) is 22.6. The lowest BCUT2D eigenvalue weighted by Crippen LogP contribution is -2.26. The molecule has 0 unspecified atom stereocenters. The van der Waals surface area contributed by atoms with Crippen LogP contribution in [-0.4, -0.2) is 40.1 Å². The number of methoxy groups -OCH3 is 1. The first-order valence-electron chi connectivity index (χ1n) is 9.97. The Morgan fingerprint density at radius 3 is 2.39 bits per heavy atom. The van der Waals surface area contributed by atoms with Crippen LogP contribution in [0.3, 0.4) is 0 Å². The molecule has 3 rings (SSSR count). The lowest BCUT2D eigenvalue weighted by Gasteiger charge is -2.28. The Morgan fingerprint density at radius 1 is 1.16 bits per heavy atom. The molecule has 2 N–H and O–H groups in total. The van der Waals surface area contributed by atoms with Gasteiger partial charge in [-0.3, -0.25) is 4.79 Å². The van der Waals surface area contributed by atoms with Crippen molar-refractivity contribution in [3.05, 3.63) is 53.1 Å². The highest BCUT2D eigenvalue weighted by molar-refractivity contribution is 6.17. The highest BCUT2D eigenvalue weighted by atomic mass is 16.5. The fraction of sp³-hybridized carbons (Fsp3) is 0.348. The van der Waals surface area contributed by atoms with Gasteiger partial charge in [-0.05, 0) is 49.6 Å². The minimum atomic E-state index is -0.274. The van der Waals surface area contributed by atoms with Crippen LogP contribution in [0.15, 0.2) is 51.6 Å². The zero-order valence-electron chi connectivity index (χ0n) is 18.4. The van der Waals surface area contributed by atoms with E-state index in [1.54, 1.807) is 19.2 Å². The predicted octanol–water partition coefficient (Wildman–Crippen LogP) is 4.47. The number of anilines is 1. The maximum absolute atomic E-state index is 12.5. The molecule has 1 aromatic carbocycles. The Hall–Kier alpha value is -3.55. The standard InChI is InChI=1S/C23H27N5O3/c1-14-10-15(2)26-22(25-14)28-21(27-16-6-8-17(31-5)9-7-16)24-13-18-19(29)11-23(3,4)12-20(18)30/h6-10,13,29H,11-12H2,1-5H3,(H,25,26,27,28). The van der Waals surface area contributed by atoms with Crippen LogP contribution in [0.1, 0.15) is 38.1 Å². The van der Waals surface area contributed by atoms with Gasteiger partial charge >= 0.3 is 0 Å². The highest BCUT2D eigenvalue weighted by Gasteiger charge is 2.32. The van der Waals surface area contributed by atoms with Crippen molar-refractivity contribution in [2.24, 2.45) is 15.4 Å². The van der Waals surface area contributed by atoms with E-state index in [0.29, 0.717) is 12.8 Å². The van der Waals surface area contributed by atoms with E-state index < -0.39 is 0 Å². The quantitative estimate of drug-likeness (QED) is 0.557. The van der Waals surface area contributed by atoms with Gasteiger partial charge in [-0.25, -0.2) is 15.0 Å². The van der Waals surface area contributed by atoms with Crippen molar-refractivity contribution in [3.8, 4) is 5.75 Å². The number of carbonyl (C=O) groups is 1. The number of aliphatic hydroxyl groups is 1. The molecule has 1 heterocycles. The smallest absolute Gasteiger partial charge is 0.253 e. The normalized spacial score (nSPS) is 16.7. The van der Waals surface area contributed by atoms with Crippen molar-refractivity contribution in [1.82, 2.24) is 9.97 Å². The maximum Gasteiger partial charge on any atom is 0.253 e. The van der Waals surface area contributed by atoms with Crippen molar-refractivity contribution in [2.75, 3.05) is 12.4 Å². The molecule has 0 saturated heterocycles. The molecule has 1 aliphatic carbocycles. The SMILES string of the molecule is COc1ccc(NC(N=CC2=C(O)CC(C)(C)CC2=O)=Nc2nc(C)cc(C)n2)cc1. The van der Waals surface area contributed by atoms with Gasteiger partial charge in [0.05, 0.1) is 12.7 Å². The third-order valence-electron chi connectivity index (χ3n) is 4.73. The van der Waals surface area contributed by atoms with Gasteiger partial charge in [0.25, 0.3) is 5.95 Å². The van der Waals surface area contributed by atoms with Crippen LogP contribution in [-0.2, 0) is 4.79 Å². The van der Waals surface area contributed by atoms with E-state index in [0.717, 1.165) is 22.8 Å². The van der Waals surface area contributed by atoms with Gasteiger partial charge in [0.1, 0.15) is 11.5 Å². The number of ketones is 1. The molecule has 0 atom stereocenters. The number of allylic oxidation sites excluding steroid dienone is 2. The van der Waals surface area contributed by atoms with Crippen LogP contribution >= 0.6 is 0 Å². The van der Waals surface area contributed by atoms with Gasteiger partial charge in [0.2, 0.25) is 5.96 Å². The molecule has 0 amide bonds. The maximum atomic E-state index is 12.5. The molecule has 8 nitrogen and oxygen atoms in total. The Kier molecular flexibility index (Phi) is 6.48. The van der Waals surface area contributed by atoms with E-state index in [1.807, 2.05) is 45.9 Å². The number of aromatic nitrogens is 2. The molecule has 0 aliphatic heterocycles. The summed E-state index contributed by atoms with van der Waals surface area (Å²) >= 11 is 0. The van der Waals surface area contributed by atoms with Crippen LogP contribution in [0.5, 0.6) is 5.75 Å². The Labute approximate surface area is 181 Å². The van der Waals surface area contributed by atoms with Gasteiger partial charge in [0.15, 0.2) is 5.78 Å². The number of nitrogens with one attached hydrogen (secondary N) is 1. The summed E-state index contributed by atoms with van der Waals surface area (Å²) in [6.07, 6.45) is 2.11. The van der Waals surface area contributed by atoms with Crippen molar-refractivity contribution < 1.29 is 14.6 Å². The lowest BCUT2D eigenvalue weighted by atomic mass is 9.77. The van der Waals surface area contributed by atoms with Gasteiger partial charge in [0, 0.05) is 36.1 Å². The number of aliphatic imine (C=N–C) groups is 2. The van der Waals surface area contributed by atoms with E-state index in [-0.39, 0.29) is 34.4 Å². The van der Waals surface area contributed by atoms with Crippen LogP contribution in [0, 0.1) is 19.3 Å². The molecular weight excluding hydrogens is 394 g/mol. The van der Waals surface area contributed by atoms with Crippen LogP contribution in [0.25, 0.3) is 0 Å². The Balaban J connectivity index is 1.95. The molecule has 2 aromatic rings. The number of nitrogens with zero attached hydrogens (tertiary/aromatic N) is 4. The van der Waals surface area contributed by atoms with Crippen molar-refractivity contribution >= 4 is 29.6 Å². The van der Waals surface area contributed by atoms with Gasteiger partial charge in [-0.15, -0.1) is 0 Å². The number of aryl methyl sites for hydroxylation is 2. The third-order valence-corrected chi connectivity index (χ3v) is 4.73. The molecule has 0 spiro atoms. The lowest BCUT2D eigenvalue weighted by molar-refractivity contribution is -0.117. The first kappa shape index (κ1) is 22.1. The van der Waals surface area contributed by atoms with Crippen molar-refractivity contribution in [1.29, 1.82) is 0 Å². The Bertz CT molecular complexity index is 1050. The van der Waals surface area contributed by atoms with Crippen LogP contribution in [0.2, 0.25) is 0 Å². The summed E-state index contributed by atoms with van der Waals surface area (Å²) in [7, 11) is 1.60. The number of carbonyl (C=O) groups excluding carboxylic acids is 1. The molecule has 0 saturated carbocycles. The molecule has 162 valence electrons. The van der Waals surface area contributed by atoms with Crippen molar-refractivity contribution in [3.63, 3.8) is 0 Å². The summed E-state index contributed by atoms with van der Waals surface area (Å²) in [5.74, 6) is 1.05. The molecule has 31 heavy (non-hydrogen) atoms. The minimum absolute atomic E-state index is 0.0384. The number of Topliss-reactive ketones (excluding diaryl/α,β-unsaturated/α-hetero) is 1. The molecule has 0 bridgehead atoms. The Morgan fingerprint density at radius 2 is 1.81 bits per heavy atom. The topological polar surface area (TPSA) is 109 Å². The molecule has 0 fully saturated rings. The zero-order valence-corrected chi connectivity index (χ0v) is 18.4. The second-order valence-electron chi connectivity index (χ2n) is 8.30. The molecular formula is C23H27N5O3. The summed E-state index contributed by atoms with van der Waals surface area (Å²) in [6.45, 7) is 7.62. The first-order valence-corrected chi connectivity index (χ1v) is 9.97.